The third kappa shape index (κ3) is 3.79. The summed E-state index contributed by atoms with van der Waals surface area (Å²) in [4.78, 5) is 4.22. The van der Waals surface area contributed by atoms with E-state index in [-0.39, 0.29) is 6.61 Å². The van der Waals surface area contributed by atoms with Gasteiger partial charge in [0.2, 0.25) is 0 Å². The van der Waals surface area contributed by atoms with Crippen LogP contribution in [0, 0.1) is 5.92 Å². The molecule has 0 saturated carbocycles. The maximum Gasteiger partial charge on any atom is 0.0960 e. The fraction of sp³-hybridized carbons (Fsp3) is 0.500. The molecule has 1 N–H and O–H groups in total. The number of pyridine rings is 1. The molecular formula is C10H15NOS. The molecule has 0 fully saturated rings. The molecule has 72 valence electrons. The van der Waals surface area contributed by atoms with E-state index in [9.17, 15) is 0 Å². The third-order valence-electron chi connectivity index (χ3n) is 1.54. The SMILES string of the molecule is CC(C)CSc1ccc(CO)cn1. The first-order valence-corrected chi connectivity index (χ1v) is 5.39. The molecule has 1 aromatic rings. The van der Waals surface area contributed by atoms with Crippen molar-refractivity contribution in [2.24, 2.45) is 5.92 Å². The van der Waals surface area contributed by atoms with E-state index in [0.29, 0.717) is 5.92 Å². The Morgan fingerprint density at radius 1 is 1.46 bits per heavy atom. The average Bonchev–Trinajstić information content (AvgIpc) is 2.15. The zero-order valence-corrected chi connectivity index (χ0v) is 8.84. The van der Waals surface area contributed by atoms with Gasteiger partial charge in [0.1, 0.15) is 0 Å². The number of hydrogen-bond acceptors (Lipinski definition) is 3. The van der Waals surface area contributed by atoms with Crippen molar-refractivity contribution < 1.29 is 5.11 Å². The van der Waals surface area contributed by atoms with Gasteiger partial charge in [-0.25, -0.2) is 4.98 Å². The van der Waals surface area contributed by atoms with Crippen molar-refractivity contribution in [2.45, 2.75) is 25.5 Å². The quantitative estimate of drug-likeness (QED) is 0.752. The highest BCUT2D eigenvalue weighted by atomic mass is 32.2. The normalized spacial score (nSPS) is 10.8. The second-order valence-corrected chi connectivity index (χ2v) is 4.41. The van der Waals surface area contributed by atoms with Gasteiger partial charge in [-0.05, 0) is 17.5 Å². The number of thioether (sulfide) groups is 1. The summed E-state index contributed by atoms with van der Waals surface area (Å²) in [5.41, 5.74) is 0.869. The van der Waals surface area contributed by atoms with E-state index < -0.39 is 0 Å². The molecule has 1 rings (SSSR count). The molecule has 13 heavy (non-hydrogen) atoms. The zero-order chi connectivity index (χ0) is 9.68. The van der Waals surface area contributed by atoms with Crippen LogP contribution in [0.5, 0.6) is 0 Å². The smallest absolute Gasteiger partial charge is 0.0960 e. The van der Waals surface area contributed by atoms with E-state index in [1.165, 1.54) is 0 Å². The van der Waals surface area contributed by atoms with Crippen molar-refractivity contribution in [2.75, 3.05) is 5.75 Å². The van der Waals surface area contributed by atoms with E-state index in [4.69, 9.17) is 5.11 Å². The van der Waals surface area contributed by atoms with Gasteiger partial charge < -0.3 is 5.11 Å². The molecule has 3 heteroatoms. The van der Waals surface area contributed by atoms with Gasteiger partial charge in [-0.3, -0.25) is 0 Å². The first kappa shape index (κ1) is 10.5. The standard InChI is InChI=1S/C10H15NOS/c1-8(2)7-13-10-4-3-9(6-12)5-11-10/h3-5,8,12H,6-7H2,1-2H3. The molecule has 0 aliphatic rings. The summed E-state index contributed by atoms with van der Waals surface area (Å²) in [6.45, 7) is 4.45. The molecule has 0 atom stereocenters. The van der Waals surface area contributed by atoms with Crippen LogP contribution in [-0.4, -0.2) is 15.8 Å². The minimum atomic E-state index is 0.0716. The molecule has 0 saturated heterocycles. The van der Waals surface area contributed by atoms with Gasteiger partial charge in [-0.2, -0.15) is 0 Å². The summed E-state index contributed by atoms with van der Waals surface area (Å²) >= 11 is 1.75. The Hall–Kier alpha value is -0.540. The van der Waals surface area contributed by atoms with Crippen LogP contribution in [0.2, 0.25) is 0 Å². The summed E-state index contributed by atoms with van der Waals surface area (Å²) in [5, 5.41) is 9.83. The van der Waals surface area contributed by atoms with Gasteiger partial charge in [0.15, 0.2) is 0 Å². The average molecular weight is 197 g/mol. The monoisotopic (exact) mass is 197 g/mol. The lowest BCUT2D eigenvalue weighted by atomic mass is 10.3. The first-order valence-electron chi connectivity index (χ1n) is 4.41. The Labute approximate surface area is 83.4 Å². The van der Waals surface area contributed by atoms with E-state index in [1.807, 2.05) is 12.1 Å². The van der Waals surface area contributed by atoms with Gasteiger partial charge in [-0.15, -0.1) is 11.8 Å². The molecule has 0 unspecified atom stereocenters. The number of hydrogen-bond donors (Lipinski definition) is 1. The van der Waals surface area contributed by atoms with Crippen LogP contribution in [0.1, 0.15) is 19.4 Å². The van der Waals surface area contributed by atoms with Crippen molar-refractivity contribution >= 4 is 11.8 Å². The van der Waals surface area contributed by atoms with E-state index >= 15 is 0 Å². The van der Waals surface area contributed by atoms with Crippen LogP contribution >= 0.6 is 11.8 Å². The Bertz CT molecular complexity index is 246. The highest BCUT2D eigenvalue weighted by Crippen LogP contribution is 2.18. The summed E-state index contributed by atoms with van der Waals surface area (Å²) in [7, 11) is 0. The van der Waals surface area contributed by atoms with Gasteiger partial charge in [0.05, 0.1) is 11.6 Å². The molecule has 1 heterocycles. The van der Waals surface area contributed by atoms with Gasteiger partial charge in [0.25, 0.3) is 0 Å². The molecule has 0 aliphatic carbocycles. The summed E-state index contributed by atoms with van der Waals surface area (Å²) in [5.74, 6) is 1.77. The molecular weight excluding hydrogens is 182 g/mol. The number of aliphatic hydroxyl groups is 1. The van der Waals surface area contributed by atoms with Crippen LogP contribution in [0.3, 0.4) is 0 Å². The lowest BCUT2D eigenvalue weighted by Crippen LogP contribution is -1.92. The minimum absolute atomic E-state index is 0.0716. The van der Waals surface area contributed by atoms with Crippen molar-refractivity contribution in [1.82, 2.24) is 4.98 Å². The number of aliphatic hydroxyl groups excluding tert-OH is 1. The van der Waals surface area contributed by atoms with Crippen LogP contribution in [0.15, 0.2) is 23.4 Å². The van der Waals surface area contributed by atoms with Gasteiger partial charge >= 0.3 is 0 Å². The molecule has 0 bridgehead atoms. The third-order valence-corrected chi connectivity index (χ3v) is 2.92. The molecule has 1 aromatic heterocycles. The second-order valence-electron chi connectivity index (χ2n) is 3.37. The lowest BCUT2D eigenvalue weighted by Gasteiger charge is -2.03. The highest BCUT2D eigenvalue weighted by molar-refractivity contribution is 7.99. The Morgan fingerprint density at radius 3 is 2.69 bits per heavy atom. The van der Waals surface area contributed by atoms with Crippen molar-refractivity contribution in [1.29, 1.82) is 0 Å². The predicted molar refractivity (Wildman–Crippen MR) is 55.7 cm³/mol. The fourth-order valence-corrected chi connectivity index (χ4v) is 1.64. The number of rotatable bonds is 4. The van der Waals surface area contributed by atoms with Crippen molar-refractivity contribution in [3.63, 3.8) is 0 Å². The largest absolute Gasteiger partial charge is 0.392 e. The van der Waals surface area contributed by atoms with Gasteiger partial charge in [-0.1, -0.05) is 19.9 Å². The molecule has 0 radical (unpaired) electrons. The summed E-state index contributed by atoms with van der Waals surface area (Å²) < 4.78 is 0. The number of aromatic nitrogens is 1. The maximum atomic E-state index is 8.80. The lowest BCUT2D eigenvalue weighted by molar-refractivity contribution is 0.281. The van der Waals surface area contributed by atoms with E-state index in [2.05, 4.69) is 18.8 Å². The maximum absolute atomic E-state index is 8.80. The van der Waals surface area contributed by atoms with E-state index in [1.54, 1.807) is 18.0 Å². The molecule has 0 amide bonds. The second kappa shape index (κ2) is 5.25. The Kier molecular flexibility index (Phi) is 4.25. The van der Waals surface area contributed by atoms with E-state index in [0.717, 1.165) is 16.3 Å². The van der Waals surface area contributed by atoms with Crippen LogP contribution in [0.4, 0.5) is 0 Å². The molecule has 0 spiro atoms. The van der Waals surface area contributed by atoms with Crippen molar-refractivity contribution in [3.8, 4) is 0 Å². The highest BCUT2D eigenvalue weighted by Gasteiger charge is 1.98. The molecule has 0 aliphatic heterocycles. The first-order chi connectivity index (χ1) is 6.22. The van der Waals surface area contributed by atoms with Gasteiger partial charge in [0, 0.05) is 11.9 Å². The summed E-state index contributed by atoms with van der Waals surface area (Å²) in [6.07, 6.45) is 1.72. The number of nitrogens with zero attached hydrogens (tertiary/aromatic N) is 1. The Balaban J connectivity index is 2.49. The fourth-order valence-electron chi connectivity index (χ4n) is 0.842. The molecule has 2 nitrogen and oxygen atoms in total. The minimum Gasteiger partial charge on any atom is -0.392 e. The molecule has 0 aromatic carbocycles. The summed E-state index contributed by atoms with van der Waals surface area (Å²) in [6, 6.07) is 3.87. The van der Waals surface area contributed by atoms with Crippen molar-refractivity contribution in [3.05, 3.63) is 23.9 Å². The Morgan fingerprint density at radius 2 is 2.23 bits per heavy atom. The van der Waals surface area contributed by atoms with Crippen LogP contribution < -0.4 is 0 Å². The zero-order valence-electron chi connectivity index (χ0n) is 8.03. The predicted octanol–water partition coefficient (Wildman–Crippen LogP) is 2.32. The van der Waals surface area contributed by atoms with Crippen LogP contribution in [-0.2, 0) is 6.61 Å². The topological polar surface area (TPSA) is 33.1 Å². The van der Waals surface area contributed by atoms with Crippen LogP contribution in [0.25, 0.3) is 0 Å².